The van der Waals surface area contributed by atoms with Crippen LogP contribution in [0.2, 0.25) is 0 Å². The van der Waals surface area contributed by atoms with Crippen LogP contribution in [0.15, 0.2) is 18.2 Å². The van der Waals surface area contributed by atoms with E-state index in [1.165, 1.54) is 0 Å². The maximum atomic E-state index is 13.0. The van der Waals surface area contributed by atoms with Gasteiger partial charge in [0.05, 0.1) is 11.0 Å². The topological polar surface area (TPSA) is 120 Å². The van der Waals surface area contributed by atoms with Gasteiger partial charge in [0.15, 0.2) is 0 Å². The first-order chi connectivity index (χ1) is 9.58. The van der Waals surface area contributed by atoms with Crippen molar-refractivity contribution in [1.82, 2.24) is 10.6 Å². The molecule has 4 N–H and O–H groups in total. The number of nitro benzene ring substituents is 1. The van der Waals surface area contributed by atoms with E-state index in [-0.39, 0.29) is 5.69 Å². The van der Waals surface area contributed by atoms with Crippen molar-refractivity contribution in [3.8, 4) is 0 Å². The molecule has 0 unspecified atom stereocenters. The fourth-order valence-electron chi connectivity index (χ4n) is 1.41. The summed E-state index contributed by atoms with van der Waals surface area (Å²) in [5.74, 6) is -1.23. The van der Waals surface area contributed by atoms with Crippen LogP contribution >= 0.6 is 0 Å². The van der Waals surface area contributed by atoms with Gasteiger partial charge in [-0.2, -0.15) is 0 Å². The van der Waals surface area contributed by atoms with Gasteiger partial charge >= 0.3 is 6.03 Å². The smallest absolute Gasteiger partial charge is 0.321 e. The van der Waals surface area contributed by atoms with E-state index in [4.69, 9.17) is 5.41 Å². The molecule has 2 amide bonds. The maximum absolute atomic E-state index is 13.0. The number of carbonyl (C=O) groups is 1. The number of hydrogen-bond acceptors (Lipinski definition) is 4. The van der Waals surface area contributed by atoms with Crippen molar-refractivity contribution in [2.24, 2.45) is 0 Å². The molecule has 0 aromatic heterocycles. The summed E-state index contributed by atoms with van der Waals surface area (Å²) < 4.78 is 13.0. The largest absolute Gasteiger partial charge is 0.333 e. The summed E-state index contributed by atoms with van der Waals surface area (Å²) in [6.45, 7) is 5.28. The van der Waals surface area contributed by atoms with Gasteiger partial charge in [0.1, 0.15) is 11.5 Å². The Balaban J connectivity index is 2.76. The summed E-state index contributed by atoms with van der Waals surface area (Å²) in [4.78, 5) is 21.5. The molecule has 0 bridgehead atoms. The average Bonchev–Trinajstić information content (AvgIpc) is 2.28. The number of hydrogen-bond donors (Lipinski definition) is 4. The molecule has 1 aromatic carbocycles. The van der Waals surface area contributed by atoms with E-state index in [2.05, 4.69) is 16.0 Å². The quantitative estimate of drug-likeness (QED) is 0.289. The van der Waals surface area contributed by atoms with Crippen molar-refractivity contribution < 1.29 is 14.1 Å². The van der Waals surface area contributed by atoms with Gasteiger partial charge in [-0.1, -0.05) is 0 Å². The number of nitrogens with zero attached hydrogens (tertiary/aromatic N) is 1. The predicted molar refractivity (Wildman–Crippen MR) is 75.8 cm³/mol. The summed E-state index contributed by atoms with van der Waals surface area (Å²) in [6.07, 6.45) is 0. The number of guanidine groups is 1. The highest BCUT2D eigenvalue weighted by Gasteiger charge is 2.18. The second kappa shape index (κ2) is 6.16. The Morgan fingerprint density at radius 3 is 2.52 bits per heavy atom. The van der Waals surface area contributed by atoms with E-state index in [0.717, 1.165) is 18.2 Å². The number of anilines is 1. The molecule has 0 aliphatic rings. The van der Waals surface area contributed by atoms with E-state index in [0.29, 0.717) is 0 Å². The molecule has 0 heterocycles. The van der Waals surface area contributed by atoms with Gasteiger partial charge < -0.3 is 10.6 Å². The molecule has 0 fully saturated rings. The lowest BCUT2D eigenvalue weighted by atomic mass is 10.1. The monoisotopic (exact) mass is 297 g/mol. The number of halogens is 1. The average molecular weight is 297 g/mol. The van der Waals surface area contributed by atoms with Gasteiger partial charge in [-0.25, -0.2) is 9.18 Å². The van der Waals surface area contributed by atoms with Crippen LogP contribution in [0.3, 0.4) is 0 Å². The van der Waals surface area contributed by atoms with Gasteiger partial charge in [-0.3, -0.25) is 20.8 Å². The zero-order valence-corrected chi connectivity index (χ0v) is 11.8. The van der Waals surface area contributed by atoms with Crippen molar-refractivity contribution in [2.75, 3.05) is 5.32 Å². The first-order valence-corrected chi connectivity index (χ1v) is 5.97. The number of urea groups is 1. The third-order valence-corrected chi connectivity index (χ3v) is 2.14. The molecule has 0 aliphatic carbocycles. The highest BCUT2D eigenvalue weighted by molar-refractivity contribution is 6.03. The van der Waals surface area contributed by atoms with Gasteiger partial charge in [-0.15, -0.1) is 0 Å². The highest BCUT2D eigenvalue weighted by atomic mass is 19.1. The SMILES string of the molecule is CC(C)(C)NC(=O)NC(=N)Nc1ccc(F)cc1[N+](=O)[O-]. The Hall–Kier alpha value is -2.71. The van der Waals surface area contributed by atoms with Crippen LogP contribution in [-0.2, 0) is 0 Å². The molecule has 1 rings (SSSR count). The molecule has 0 spiro atoms. The van der Waals surface area contributed by atoms with Gasteiger partial charge in [-0.05, 0) is 32.9 Å². The normalized spacial score (nSPS) is 10.7. The Bertz CT molecular complexity index is 583. The van der Waals surface area contributed by atoms with E-state index in [9.17, 15) is 19.3 Å². The van der Waals surface area contributed by atoms with E-state index in [1.54, 1.807) is 20.8 Å². The van der Waals surface area contributed by atoms with E-state index in [1.807, 2.05) is 0 Å². The summed E-state index contributed by atoms with van der Waals surface area (Å²) in [6, 6.07) is 2.22. The summed E-state index contributed by atoms with van der Waals surface area (Å²) in [5.41, 5.74) is -1.12. The second-order valence-electron chi connectivity index (χ2n) is 5.25. The van der Waals surface area contributed by atoms with Gasteiger partial charge in [0.2, 0.25) is 5.96 Å². The Morgan fingerprint density at radius 1 is 1.38 bits per heavy atom. The van der Waals surface area contributed by atoms with Crippen molar-refractivity contribution in [3.63, 3.8) is 0 Å². The standard InChI is InChI=1S/C12H16FN5O3/c1-12(2,3)17-11(19)16-10(14)15-8-5-4-7(13)6-9(8)18(20)21/h4-6H,1-3H3,(H4,14,15,16,17,19). The summed E-state index contributed by atoms with van der Waals surface area (Å²) in [5, 5.41) is 25.4. The highest BCUT2D eigenvalue weighted by Crippen LogP contribution is 2.24. The number of rotatable bonds is 2. The molecule has 8 nitrogen and oxygen atoms in total. The molecule has 0 atom stereocenters. The van der Waals surface area contributed by atoms with Crippen LogP contribution < -0.4 is 16.0 Å². The molecule has 0 aliphatic heterocycles. The lowest BCUT2D eigenvalue weighted by molar-refractivity contribution is -0.384. The first-order valence-electron chi connectivity index (χ1n) is 5.97. The van der Waals surface area contributed by atoms with Crippen LogP contribution in [0.4, 0.5) is 20.6 Å². The molecule has 21 heavy (non-hydrogen) atoms. The van der Waals surface area contributed by atoms with Crippen LogP contribution in [0.1, 0.15) is 20.8 Å². The van der Waals surface area contributed by atoms with Crippen LogP contribution in [0, 0.1) is 21.3 Å². The zero-order valence-electron chi connectivity index (χ0n) is 11.8. The number of amides is 2. The second-order valence-corrected chi connectivity index (χ2v) is 5.25. The lowest BCUT2D eigenvalue weighted by Crippen LogP contribution is -2.49. The molecule has 9 heteroatoms. The fourth-order valence-corrected chi connectivity index (χ4v) is 1.41. The Morgan fingerprint density at radius 2 is 2.00 bits per heavy atom. The van der Waals surface area contributed by atoms with Gasteiger partial charge in [0.25, 0.3) is 5.69 Å². The van der Waals surface area contributed by atoms with E-state index < -0.39 is 34.0 Å². The van der Waals surface area contributed by atoms with Crippen molar-refractivity contribution in [1.29, 1.82) is 5.41 Å². The number of nitro groups is 1. The van der Waals surface area contributed by atoms with Crippen LogP contribution in [0.5, 0.6) is 0 Å². The molecule has 0 radical (unpaired) electrons. The van der Waals surface area contributed by atoms with Crippen LogP contribution in [-0.4, -0.2) is 22.5 Å². The Kier molecular flexibility index (Phi) is 4.79. The van der Waals surface area contributed by atoms with E-state index >= 15 is 0 Å². The lowest BCUT2D eigenvalue weighted by Gasteiger charge is -2.21. The fraction of sp³-hybridized carbons (Fsp3) is 0.333. The molecule has 0 saturated heterocycles. The van der Waals surface area contributed by atoms with Gasteiger partial charge in [0, 0.05) is 5.54 Å². The minimum absolute atomic E-state index is 0.0949. The van der Waals surface area contributed by atoms with Crippen LogP contribution in [0.25, 0.3) is 0 Å². The number of nitrogens with one attached hydrogen (secondary N) is 4. The maximum Gasteiger partial charge on any atom is 0.321 e. The van der Waals surface area contributed by atoms with Crippen molar-refractivity contribution in [2.45, 2.75) is 26.3 Å². The summed E-state index contributed by atoms with van der Waals surface area (Å²) in [7, 11) is 0. The molecular formula is C12H16FN5O3. The number of carbonyl (C=O) groups excluding carboxylic acids is 1. The third kappa shape index (κ3) is 5.43. The van der Waals surface area contributed by atoms with Crippen molar-refractivity contribution in [3.05, 3.63) is 34.1 Å². The predicted octanol–water partition coefficient (Wildman–Crippen LogP) is 2.18. The third-order valence-electron chi connectivity index (χ3n) is 2.14. The molecular weight excluding hydrogens is 281 g/mol. The zero-order chi connectivity index (χ0) is 16.2. The molecule has 1 aromatic rings. The minimum atomic E-state index is -0.784. The first kappa shape index (κ1) is 16.3. The Labute approximate surface area is 120 Å². The number of benzene rings is 1. The molecule has 0 saturated carbocycles. The summed E-state index contributed by atoms with van der Waals surface area (Å²) >= 11 is 0. The molecule has 114 valence electrons. The minimum Gasteiger partial charge on any atom is -0.333 e. The van der Waals surface area contributed by atoms with Crippen molar-refractivity contribution >= 4 is 23.4 Å².